The first kappa shape index (κ1) is 22.4. The van der Waals surface area contributed by atoms with E-state index < -0.39 is 10.0 Å². The normalized spacial score (nSPS) is 11.7. The van der Waals surface area contributed by atoms with Gasteiger partial charge in [0.1, 0.15) is 0 Å². The molecule has 0 aliphatic rings. The Morgan fingerprint density at radius 3 is 2.21 bits per heavy atom. The number of allylic oxidation sites excluding steroid dienone is 1. The van der Waals surface area contributed by atoms with Crippen molar-refractivity contribution >= 4 is 21.9 Å². The fourth-order valence-electron chi connectivity index (χ4n) is 2.57. The zero-order valence-corrected chi connectivity index (χ0v) is 17.9. The van der Waals surface area contributed by atoms with Crippen LogP contribution in [0.25, 0.3) is 6.08 Å². The highest BCUT2D eigenvalue weighted by Gasteiger charge is 2.18. The molecule has 2 aromatic rings. The Labute approximate surface area is 171 Å². The summed E-state index contributed by atoms with van der Waals surface area (Å²) in [7, 11) is 2.30. The van der Waals surface area contributed by atoms with Crippen LogP contribution in [0.2, 0.25) is 0 Å². The van der Waals surface area contributed by atoms with Gasteiger partial charge in [-0.2, -0.15) is 0 Å². The van der Waals surface area contributed by atoms with E-state index in [0.717, 1.165) is 4.31 Å². The maximum Gasteiger partial charge on any atom is 0.242 e. The van der Waals surface area contributed by atoms with Crippen LogP contribution in [-0.4, -0.2) is 53.4 Å². The van der Waals surface area contributed by atoms with Gasteiger partial charge in [-0.1, -0.05) is 18.2 Å². The minimum absolute atomic E-state index is 0.0613. The molecule has 29 heavy (non-hydrogen) atoms. The molecule has 0 spiro atoms. The fraction of sp³-hybridized carbons (Fsp3) is 0.286. The van der Waals surface area contributed by atoms with E-state index in [1.807, 2.05) is 6.92 Å². The van der Waals surface area contributed by atoms with Crippen molar-refractivity contribution in [2.75, 3.05) is 34.9 Å². The lowest BCUT2D eigenvalue weighted by atomic mass is 10.1. The van der Waals surface area contributed by atoms with E-state index in [2.05, 4.69) is 0 Å². The molecule has 0 aliphatic heterocycles. The van der Waals surface area contributed by atoms with E-state index in [1.54, 1.807) is 30.3 Å². The number of hydrogen-bond donors (Lipinski definition) is 0. The molecule has 0 heterocycles. The highest BCUT2D eigenvalue weighted by Crippen LogP contribution is 2.38. The summed E-state index contributed by atoms with van der Waals surface area (Å²) >= 11 is 0. The molecule has 0 fully saturated rings. The number of rotatable bonds is 9. The van der Waals surface area contributed by atoms with Gasteiger partial charge >= 0.3 is 0 Å². The van der Waals surface area contributed by atoms with E-state index in [0.29, 0.717) is 29.4 Å². The summed E-state index contributed by atoms with van der Waals surface area (Å²) in [6.45, 7) is 2.31. The van der Waals surface area contributed by atoms with Crippen molar-refractivity contribution in [3.63, 3.8) is 0 Å². The van der Waals surface area contributed by atoms with Crippen LogP contribution in [0.3, 0.4) is 0 Å². The largest absolute Gasteiger partial charge is 0.493 e. The molecule has 0 amide bonds. The smallest absolute Gasteiger partial charge is 0.242 e. The molecular weight excluding hydrogens is 394 g/mol. The lowest BCUT2D eigenvalue weighted by molar-refractivity contribution is 0.104. The predicted octanol–water partition coefficient (Wildman–Crippen LogP) is 3.25. The lowest BCUT2D eigenvalue weighted by Gasteiger charge is -2.14. The van der Waals surface area contributed by atoms with Crippen molar-refractivity contribution in [1.82, 2.24) is 4.31 Å². The summed E-state index contributed by atoms with van der Waals surface area (Å²) in [5, 5.41) is 0. The molecule has 2 aromatic carbocycles. The Balaban J connectivity index is 2.34. The standard InChI is InChI=1S/C21H25NO6S/c1-6-28-21-19(26-4)12-15(13-20(21)27-5)10-11-18(23)16-8-7-9-17(14-16)29(24,25)22(2)3/h7-14H,6H2,1-5H3/b11-10+. The molecule has 0 aromatic heterocycles. The summed E-state index contributed by atoms with van der Waals surface area (Å²) in [6.07, 6.45) is 2.98. The number of sulfonamides is 1. The van der Waals surface area contributed by atoms with Crippen LogP contribution in [0.15, 0.2) is 47.4 Å². The van der Waals surface area contributed by atoms with Crippen LogP contribution in [0, 0.1) is 0 Å². The molecule has 0 saturated carbocycles. The zero-order chi connectivity index (χ0) is 21.6. The Morgan fingerprint density at radius 2 is 1.69 bits per heavy atom. The second-order valence-electron chi connectivity index (χ2n) is 6.20. The maximum atomic E-state index is 12.6. The van der Waals surface area contributed by atoms with Crippen LogP contribution >= 0.6 is 0 Å². The molecule has 0 atom stereocenters. The van der Waals surface area contributed by atoms with Crippen molar-refractivity contribution in [1.29, 1.82) is 0 Å². The van der Waals surface area contributed by atoms with Crippen molar-refractivity contribution in [3.05, 3.63) is 53.6 Å². The number of ketones is 1. The van der Waals surface area contributed by atoms with Gasteiger partial charge in [-0.25, -0.2) is 12.7 Å². The summed E-state index contributed by atoms with van der Waals surface area (Å²) < 4.78 is 41.9. The SMILES string of the molecule is CCOc1c(OC)cc(/C=C/C(=O)c2cccc(S(=O)(=O)N(C)C)c2)cc1OC. The molecule has 0 radical (unpaired) electrons. The molecule has 0 bridgehead atoms. The van der Waals surface area contributed by atoms with Gasteiger partial charge in [-0.15, -0.1) is 0 Å². The first-order valence-corrected chi connectivity index (χ1v) is 10.3. The first-order chi connectivity index (χ1) is 13.7. The van der Waals surface area contributed by atoms with Crippen LogP contribution in [-0.2, 0) is 10.0 Å². The predicted molar refractivity (Wildman–Crippen MR) is 111 cm³/mol. The molecule has 156 valence electrons. The van der Waals surface area contributed by atoms with Gasteiger partial charge in [-0.05, 0) is 42.8 Å². The number of hydrogen-bond acceptors (Lipinski definition) is 6. The summed E-state index contributed by atoms with van der Waals surface area (Å²) in [5.41, 5.74) is 0.946. The minimum Gasteiger partial charge on any atom is -0.493 e. The van der Waals surface area contributed by atoms with E-state index in [9.17, 15) is 13.2 Å². The van der Waals surface area contributed by atoms with Crippen LogP contribution in [0.4, 0.5) is 0 Å². The highest BCUT2D eigenvalue weighted by atomic mass is 32.2. The van der Waals surface area contributed by atoms with Crippen LogP contribution in [0.5, 0.6) is 17.2 Å². The van der Waals surface area contributed by atoms with Gasteiger partial charge < -0.3 is 14.2 Å². The topological polar surface area (TPSA) is 82.1 Å². The summed E-state index contributed by atoms with van der Waals surface area (Å²) in [5.74, 6) is 1.13. The number of ether oxygens (including phenoxy) is 3. The molecule has 0 saturated heterocycles. The average molecular weight is 419 g/mol. The second kappa shape index (κ2) is 9.58. The monoisotopic (exact) mass is 419 g/mol. The van der Waals surface area contributed by atoms with Gasteiger partial charge in [0.15, 0.2) is 17.3 Å². The van der Waals surface area contributed by atoms with Crippen LogP contribution in [0.1, 0.15) is 22.8 Å². The number of benzene rings is 2. The highest BCUT2D eigenvalue weighted by molar-refractivity contribution is 7.89. The van der Waals surface area contributed by atoms with Gasteiger partial charge in [0.05, 0.1) is 25.7 Å². The van der Waals surface area contributed by atoms with Crippen molar-refractivity contribution < 1.29 is 27.4 Å². The first-order valence-electron chi connectivity index (χ1n) is 8.88. The molecule has 2 rings (SSSR count). The van der Waals surface area contributed by atoms with E-state index in [-0.39, 0.29) is 16.2 Å². The molecule has 0 N–H and O–H groups in total. The van der Waals surface area contributed by atoms with Gasteiger partial charge in [-0.3, -0.25) is 4.79 Å². The fourth-order valence-corrected chi connectivity index (χ4v) is 3.52. The molecule has 8 heteroatoms. The van der Waals surface area contributed by atoms with Crippen LogP contribution < -0.4 is 14.2 Å². The second-order valence-corrected chi connectivity index (χ2v) is 8.35. The Hall–Kier alpha value is -2.84. The molecule has 0 aliphatic carbocycles. The van der Waals surface area contributed by atoms with Crippen molar-refractivity contribution in [3.8, 4) is 17.2 Å². The Morgan fingerprint density at radius 1 is 1.07 bits per heavy atom. The van der Waals surface area contributed by atoms with E-state index in [1.165, 1.54) is 46.5 Å². The third-order valence-electron chi connectivity index (χ3n) is 4.10. The average Bonchev–Trinajstić information content (AvgIpc) is 2.72. The summed E-state index contributed by atoms with van der Waals surface area (Å²) in [6, 6.07) is 9.38. The van der Waals surface area contributed by atoms with Gasteiger partial charge in [0, 0.05) is 19.7 Å². The van der Waals surface area contributed by atoms with Crippen molar-refractivity contribution in [2.45, 2.75) is 11.8 Å². The maximum absolute atomic E-state index is 12.6. The molecular formula is C21H25NO6S. The van der Waals surface area contributed by atoms with Crippen molar-refractivity contribution in [2.24, 2.45) is 0 Å². The van der Waals surface area contributed by atoms with Gasteiger partial charge in [0.2, 0.25) is 15.8 Å². The minimum atomic E-state index is -3.62. The van der Waals surface area contributed by atoms with E-state index in [4.69, 9.17) is 14.2 Å². The third-order valence-corrected chi connectivity index (χ3v) is 5.91. The number of methoxy groups -OCH3 is 2. The summed E-state index contributed by atoms with van der Waals surface area (Å²) in [4.78, 5) is 12.6. The van der Waals surface area contributed by atoms with Gasteiger partial charge in [0.25, 0.3) is 0 Å². The van der Waals surface area contributed by atoms with E-state index >= 15 is 0 Å². The molecule has 0 unspecified atom stereocenters. The number of nitrogens with zero attached hydrogens (tertiary/aromatic N) is 1. The number of carbonyl (C=O) groups excluding carboxylic acids is 1. The Kier molecular flexibility index (Phi) is 7.41. The lowest BCUT2D eigenvalue weighted by Crippen LogP contribution is -2.22. The number of carbonyl (C=O) groups is 1. The Bertz CT molecular complexity index is 987. The molecule has 7 nitrogen and oxygen atoms in total. The zero-order valence-electron chi connectivity index (χ0n) is 17.1. The quantitative estimate of drug-likeness (QED) is 0.458. The third kappa shape index (κ3) is 5.16.